The van der Waals surface area contributed by atoms with Gasteiger partial charge >= 0.3 is 6.18 Å². The predicted molar refractivity (Wildman–Crippen MR) is 66.9 cm³/mol. The van der Waals surface area contributed by atoms with Crippen LogP contribution in [0.2, 0.25) is 0 Å². The van der Waals surface area contributed by atoms with Gasteiger partial charge in [0, 0.05) is 32.3 Å². The minimum Gasteiger partial charge on any atom is -0.380 e. The molecule has 0 spiro atoms. The molecule has 4 nitrogen and oxygen atoms in total. The van der Waals surface area contributed by atoms with Crippen LogP contribution in [-0.4, -0.2) is 31.8 Å². The van der Waals surface area contributed by atoms with Crippen molar-refractivity contribution in [1.29, 1.82) is 0 Å². The quantitative estimate of drug-likeness (QED) is 0.808. The molecule has 0 aromatic carbocycles. The number of nitrogens with zero attached hydrogens (tertiary/aromatic N) is 2. The summed E-state index contributed by atoms with van der Waals surface area (Å²) < 4.78 is 43.1. The van der Waals surface area contributed by atoms with E-state index in [4.69, 9.17) is 10.5 Å². The second-order valence-electron chi connectivity index (χ2n) is 4.00. The lowest BCUT2D eigenvalue weighted by atomic mass is 10.2. The summed E-state index contributed by atoms with van der Waals surface area (Å²) in [7, 11) is 1.67. The minimum absolute atomic E-state index is 0.138. The van der Waals surface area contributed by atoms with Crippen molar-refractivity contribution >= 4 is 5.82 Å². The number of rotatable bonds is 6. The van der Waals surface area contributed by atoms with Gasteiger partial charge in [-0.3, -0.25) is 0 Å². The van der Waals surface area contributed by atoms with E-state index in [-0.39, 0.29) is 12.4 Å². The van der Waals surface area contributed by atoms with E-state index in [1.54, 1.807) is 11.9 Å². The molecule has 0 saturated carbocycles. The molecule has 0 fully saturated rings. The first kappa shape index (κ1) is 15.7. The molecule has 108 valence electrons. The highest BCUT2D eigenvalue weighted by Crippen LogP contribution is 2.30. The third-order valence-electron chi connectivity index (χ3n) is 2.60. The van der Waals surface area contributed by atoms with Crippen LogP contribution in [0.3, 0.4) is 0 Å². The van der Waals surface area contributed by atoms with E-state index in [2.05, 4.69) is 4.98 Å². The molecule has 1 aromatic rings. The summed E-state index contributed by atoms with van der Waals surface area (Å²) in [4.78, 5) is 5.28. The number of pyridine rings is 1. The van der Waals surface area contributed by atoms with Crippen molar-refractivity contribution in [3.8, 4) is 0 Å². The molecule has 0 saturated heterocycles. The average Bonchev–Trinajstić information content (AvgIpc) is 2.37. The lowest BCUT2D eigenvalue weighted by Crippen LogP contribution is -2.26. The van der Waals surface area contributed by atoms with E-state index in [9.17, 15) is 13.2 Å². The van der Waals surface area contributed by atoms with E-state index >= 15 is 0 Å². The molecule has 1 heterocycles. The maximum absolute atomic E-state index is 12.6. The number of hydrogen-bond acceptors (Lipinski definition) is 4. The lowest BCUT2D eigenvalue weighted by molar-refractivity contribution is -0.141. The number of anilines is 1. The van der Waals surface area contributed by atoms with Crippen LogP contribution >= 0.6 is 0 Å². The van der Waals surface area contributed by atoms with Gasteiger partial charge in [0.05, 0.1) is 6.61 Å². The summed E-state index contributed by atoms with van der Waals surface area (Å²) in [6, 6.07) is 2.31. The van der Waals surface area contributed by atoms with E-state index in [1.165, 1.54) is 6.07 Å². The summed E-state index contributed by atoms with van der Waals surface area (Å²) in [6.07, 6.45) is -4.46. The van der Waals surface area contributed by atoms with Gasteiger partial charge < -0.3 is 15.4 Å². The lowest BCUT2D eigenvalue weighted by Gasteiger charge is -2.22. The number of halogens is 3. The zero-order valence-corrected chi connectivity index (χ0v) is 11.0. The SMILES string of the molecule is CCOCCN(C)c1nc(C(F)(F)F)ccc1CN. The van der Waals surface area contributed by atoms with Crippen molar-refractivity contribution in [3.05, 3.63) is 23.4 Å². The Labute approximate surface area is 110 Å². The Kier molecular flexibility index (Phi) is 5.56. The van der Waals surface area contributed by atoms with Gasteiger partial charge in [0.25, 0.3) is 0 Å². The van der Waals surface area contributed by atoms with Gasteiger partial charge in [-0.2, -0.15) is 13.2 Å². The second kappa shape index (κ2) is 6.72. The number of aromatic nitrogens is 1. The topological polar surface area (TPSA) is 51.4 Å². The van der Waals surface area contributed by atoms with Crippen LogP contribution in [-0.2, 0) is 17.5 Å². The summed E-state index contributed by atoms with van der Waals surface area (Å²) in [5.41, 5.74) is 5.19. The smallest absolute Gasteiger partial charge is 0.380 e. The maximum Gasteiger partial charge on any atom is 0.433 e. The fourth-order valence-corrected chi connectivity index (χ4v) is 1.58. The Morgan fingerprint density at radius 2 is 2.05 bits per heavy atom. The van der Waals surface area contributed by atoms with Crippen LogP contribution in [0.1, 0.15) is 18.2 Å². The fourth-order valence-electron chi connectivity index (χ4n) is 1.58. The molecule has 0 aliphatic carbocycles. The first-order valence-electron chi connectivity index (χ1n) is 5.96. The zero-order chi connectivity index (χ0) is 14.5. The number of hydrogen-bond donors (Lipinski definition) is 1. The highest BCUT2D eigenvalue weighted by molar-refractivity contribution is 5.47. The molecule has 0 aliphatic heterocycles. The third kappa shape index (κ3) is 4.36. The van der Waals surface area contributed by atoms with Crippen molar-refractivity contribution < 1.29 is 17.9 Å². The molecule has 0 atom stereocenters. The van der Waals surface area contributed by atoms with Gasteiger partial charge in [0.15, 0.2) is 0 Å². The molecule has 0 aliphatic rings. The van der Waals surface area contributed by atoms with Crippen LogP contribution in [0.4, 0.5) is 19.0 Å². The van der Waals surface area contributed by atoms with Gasteiger partial charge in [0.2, 0.25) is 0 Å². The highest BCUT2D eigenvalue weighted by atomic mass is 19.4. The van der Waals surface area contributed by atoms with Crippen LogP contribution in [0.15, 0.2) is 12.1 Å². The van der Waals surface area contributed by atoms with Crippen LogP contribution in [0, 0.1) is 0 Å². The molecule has 2 N–H and O–H groups in total. The van der Waals surface area contributed by atoms with Gasteiger partial charge in [-0.15, -0.1) is 0 Å². The van der Waals surface area contributed by atoms with E-state index < -0.39 is 11.9 Å². The third-order valence-corrected chi connectivity index (χ3v) is 2.60. The first-order valence-corrected chi connectivity index (χ1v) is 5.96. The molecule has 7 heteroatoms. The Balaban J connectivity index is 2.95. The summed E-state index contributed by atoms with van der Waals surface area (Å²) >= 11 is 0. The van der Waals surface area contributed by atoms with Crippen LogP contribution in [0.25, 0.3) is 0 Å². The molecule has 1 rings (SSSR count). The number of likely N-dealkylation sites (N-methyl/N-ethyl adjacent to an activating group) is 1. The largest absolute Gasteiger partial charge is 0.433 e. The Hall–Kier alpha value is -1.34. The van der Waals surface area contributed by atoms with Gasteiger partial charge in [-0.1, -0.05) is 6.07 Å². The molecular weight excluding hydrogens is 259 g/mol. The van der Waals surface area contributed by atoms with Crippen molar-refractivity contribution in [1.82, 2.24) is 4.98 Å². The van der Waals surface area contributed by atoms with Crippen LogP contribution < -0.4 is 10.6 Å². The van der Waals surface area contributed by atoms with Gasteiger partial charge in [-0.05, 0) is 13.0 Å². The van der Waals surface area contributed by atoms with E-state index in [0.29, 0.717) is 25.3 Å². The molecular formula is C12H18F3N3O. The van der Waals surface area contributed by atoms with Crippen molar-refractivity contribution in [3.63, 3.8) is 0 Å². The average molecular weight is 277 g/mol. The summed E-state index contributed by atoms with van der Waals surface area (Å²) in [5.74, 6) is 0.247. The summed E-state index contributed by atoms with van der Waals surface area (Å²) in [5, 5.41) is 0. The highest BCUT2D eigenvalue weighted by Gasteiger charge is 2.33. The van der Waals surface area contributed by atoms with Crippen molar-refractivity contribution in [2.24, 2.45) is 5.73 Å². The van der Waals surface area contributed by atoms with Gasteiger partial charge in [0.1, 0.15) is 11.5 Å². The predicted octanol–water partition coefficient (Wildman–Crippen LogP) is 2.03. The molecule has 0 radical (unpaired) electrons. The van der Waals surface area contributed by atoms with Crippen molar-refractivity contribution in [2.75, 3.05) is 31.7 Å². The zero-order valence-electron chi connectivity index (χ0n) is 11.0. The Bertz CT molecular complexity index is 410. The van der Waals surface area contributed by atoms with Crippen LogP contribution in [0.5, 0.6) is 0 Å². The molecule has 0 amide bonds. The maximum atomic E-state index is 12.6. The fraction of sp³-hybridized carbons (Fsp3) is 0.583. The first-order chi connectivity index (χ1) is 8.90. The van der Waals surface area contributed by atoms with Crippen molar-refractivity contribution in [2.45, 2.75) is 19.6 Å². The number of nitrogens with two attached hydrogens (primary N) is 1. The second-order valence-corrected chi connectivity index (χ2v) is 4.00. The number of ether oxygens (including phenoxy) is 1. The number of alkyl halides is 3. The normalized spacial score (nSPS) is 11.7. The summed E-state index contributed by atoms with van der Waals surface area (Å²) in [6.45, 7) is 3.44. The minimum atomic E-state index is -4.46. The monoisotopic (exact) mass is 277 g/mol. The standard InChI is InChI=1S/C12H18F3N3O/c1-3-19-7-6-18(2)11-9(8-16)4-5-10(17-11)12(13,14)15/h4-5H,3,6-8,16H2,1-2H3. The molecule has 19 heavy (non-hydrogen) atoms. The molecule has 0 unspecified atom stereocenters. The molecule has 1 aromatic heterocycles. The Morgan fingerprint density at radius 3 is 2.58 bits per heavy atom. The van der Waals surface area contributed by atoms with E-state index in [0.717, 1.165) is 6.07 Å². The van der Waals surface area contributed by atoms with Gasteiger partial charge in [-0.25, -0.2) is 4.98 Å². The van der Waals surface area contributed by atoms with E-state index in [1.807, 2.05) is 6.92 Å². The molecule has 0 bridgehead atoms. The Morgan fingerprint density at radius 1 is 1.37 bits per heavy atom.